The van der Waals surface area contributed by atoms with Gasteiger partial charge in [0.2, 0.25) is 5.91 Å². The fourth-order valence-electron chi connectivity index (χ4n) is 3.13. The average Bonchev–Trinajstić information content (AvgIpc) is 2.98. The normalized spacial score (nSPS) is 20.1. The van der Waals surface area contributed by atoms with E-state index in [1.807, 2.05) is 19.9 Å². The van der Waals surface area contributed by atoms with E-state index in [2.05, 4.69) is 28.6 Å². The van der Waals surface area contributed by atoms with Gasteiger partial charge in [-0.15, -0.1) is 0 Å². The Kier molecular flexibility index (Phi) is 3.88. The Morgan fingerprint density at radius 3 is 2.74 bits per heavy atom. The van der Waals surface area contributed by atoms with E-state index in [1.165, 1.54) is 5.56 Å². The molecule has 0 bridgehead atoms. The first-order chi connectivity index (χ1) is 10.8. The van der Waals surface area contributed by atoms with Crippen molar-refractivity contribution in [3.05, 3.63) is 34.5 Å². The third-order valence-electron chi connectivity index (χ3n) is 4.52. The number of amides is 1. The number of hydrogen-bond acceptors (Lipinski definition) is 2. The number of aromatic nitrogens is 1. The first-order valence-corrected chi connectivity index (χ1v) is 7.74. The molecule has 0 aliphatic carbocycles. The lowest BCUT2D eigenvalue weighted by atomic mass is 10.0. The summed E-state index contributed by atoms with van der Waals surface area (Å²) in [6.45, 7) is 5.96. The summed E-state index contributed by atoms with van der Waals surface area (Å²) >= 11 is 0. The molecule has 1 amide bonds. The van der Waals surface area contributed by atoms with Crippen LogP contribution >= 0.6 is 0 Å². The van der Waals surface area contributed by atoms with Crippen LogP contribution in [0.2, 0.25) is 0 Å². The number of aromatic amines is 1. The van der Waals surface area contributed by atoms with Crippen LogP contribution in [0.4, 0.5) is 8.78 Å². The highest BCUT2D eigenvalue weighted by Crippen LogP contribution is 2.27. The number of H-pyrrole nitrogens is 1. The van der Waals surface area contributed by atoms with E-state index in [4.69, 9.17) is 0 Å². The van der Waals surface area contributed by atoms with Crippen LogP contribution in [0.1, 0.15) is 28.8 Å². The lowest BCUT2D eigenvalue weighted by Gasteiger charge is -2.12. The summed E-state index contributed by atoms with van der Waals surface area (Å²) in [5, 5.41) is 6.48. The van der Waals surface area contributed by atoms with Gasteiger partial charge in [0.05, 0.1) is 18.1 Å². The van der Waals surface area contributed by atoms with E-state index in [0.717, 1.165) is 27.7 Å². The number of benzene rings is 1. The highest BCUT2D eigenvalue weighted by molar-refractivity contribution is 5.88. The van der Waals surface area contributed by atoms with Gasteiger partial charge in [-0.1, -0.05) is 11.6 Å². The molecule has 2 heterocycles. The molecule has 1 atom stereocenters. The number of carbonyl (C=O) groups excluding carboxylic acids is 1. The van der Waals surface area contributed by atoms with Crippen LogP contribution in [0, 0.1) is 20.8 Å². The maximum absolute atomic E-state index is 13.2. The second-order valence-corrected chi connectivity index (χ2v) is 6.43. The first-order valence-electron chi connectivity index (χ1n) is 7.74. The third-order valence-corrected chi connectivity index (χ3v) is 4.52. The van der Waals surface area contributed by atoms with Gasteiger partial charge in [-0.2, -0.15) is 0 Å². The Labute approximate surface area is 133 Å². The smallest absolute Gasteiger partial charge is 0.262 e. The van der Waals surface area contributed by atoms with Crippen molar-refractivity contribution in [2.75, 3.05) is 6.54 Å². The van der Waals surface area contributed by atoms with E-state index < -0.39 is 24.9 Å². The third kappa shape index (κ3) is 3.08. The molecule has 2 aromatic rings. The summed E-state index contributed by atoms with van der Waals surface area (Å²) in [4.78, 5) is 15.4. The lowest BCUT2D eigenvalue weighted by molar-refractivity contribution is -0.123. The maximum atomic E-state index is 13.2. The van der Waals surface area contributed by atoms with Gasteiger partial charge < -0.3 is 10.3 Å². The largest absolute Gasteiger partial charge is 0.358 e. The van der Waals surface area contributed by atoms with Crippen LogP contribution in [0.5, 0.6) is 0 Å². The lowest BCUT2D eigenvalue weighted by Crippen LogP contribution is -2.40. The number of hydrogen-bond donors (Lipinski definition) is 3. The predicted octanol–water partition coefficient (Wildman–Crippen LogP) is 2.71. The molecule has 0 saturated carbocycles. The first kappa shape index (κ1) is 15.9. The Balaban J connectivity index is 1.77. The Hall–Kier alpha value is -1.95. The molecule has 1 saturated heterocycles. The topological polar surface area (TPSA) is 56.9 Å². The molecule has 124 valence electrons. The van der Waals surface area contributed by atoms with Crippen LogP contribution in [0.3, 0.4) is 0 Å². The Morgan fingerprint density at radius 1 is 1.35 bits per heavy atom. The molecule has 0 spiro atoms. The number of halogens is 2. The van der Waals surface area contributed by atoms with E-state index in [-0.39, 0.29) is 5.91 Å². The van der Waals surface area contributed by atoms with Gasteiger partial charge in [-0.3, -0.25) is 10.1 Å². The molecular formula is C17H21F2N3O. The minimum absolute atomic E-state index is 0.320. The molecule has 1 aromatic carbocycles. The number of alkyl halides is 2. The second kappa shape index (κ2) is 5.60. The molecule has 6 heteroatoms. The molecule has 1 aliphatic heterocycles. The molecule has 1 unspecified atom stereocenters. The molecule has 3 N–H and O–H groups in total. The summed E-state index contributed by atoms with van der Waals surface area (Å²) in [5.74, 6) is -3.18. The zero-order chi connectivity index (χ0) is 16.8. The minimum Gasteiger partial charge on any atom is -0.358 e. The van der Waals surface area contributed by atoms with Crippen molar-refractivity contribution in [2.45, 2.75) is 45.7 Å². The standard InChI is InChI=1S/C17H21F2N3O/c1-9-4-12(15-13(5-9)10(2)11(3)22-15)7-20-16(23)14-6-17(18,19)8-21-14/h4-5,14,21-22H,6-8H2,1-3H3,(H,20,23). The quantitative estimate of drug-likeness (QED) is 0.814. The van der Waals surface area contributed by atoms with Crippen molar-refractivity contribution in [3.63, 3.8) is 0 Å². The van der Waals surface area contributed by atoms with Gasteiger partial charge in [0.1, 0.15) is 0 Å². The van der Waals surface area contributed by atoms with Crippen LogP contribution in [-0.2, 0) is 11.3 Å². The van der Waals surface area contributed by atoms with Crippen molar-refractivity contribution >= 4 is 16.8 Å². The highest BCUT2D eigenvalue weighted by atomic mass is 19.3. The number of nitrogens with one attached hydrogen (secondary N) is 3. The summed E-state index contributed by atoms with van der Waals surface area (Å²) in [5.41, 5.74) is 5.35. The summed E-state index contributed by atoms with van der Waals surface area (Å²) in [7, 11) is 0. The van der Waals surface area contributed by atoms with Crippen molar-refractivity contribution in [2.24, 2.45) is 0 Å². The van der Waals surface area contributed by atoms with Gasteiger partial charge in [0.15, 0.2) is 0 Å². The SMILES string of the molecule is Cc1cc(CNC(=O)C2CC(F)(F)CN2)c2[nH]c(C)c(C)c2c1. The molecule has 3 rings (SSSR count). The average molecular weight is 321 g/mol. The van der Waals surface area contributed by atoms with Crippen LogP contribution in [-0.4, -0.2) is 29.4 Å². The molecule has 1 fully saturated rings. The summed E-state index contributed by atoms with van der Waals surface area (Å²) in [6.07, 6.45) is -0.442. The van der Waals surface area contributed by atoms with Crippen molar-refractivity contribution in [1.29, 1.82) is 0 Å². The Bertz CT molecular complexity index is 767. The molecule has 1 aliphatic rings. The van der Waals surface area contributed by atoms with Crippen LogP contribution in [0.15, 0.2) is 12.1 Å². The summed E-state index contributed by atoms with van der Waals surface area (Å²) < 4.78 is 26.4. The zero-order valence-electron chi connectivity index (χ0n) is 13.5. The zero-order valence-corrected chi connectivity index (χ0v) is 13.5. The molecule has 1 aromatic heterocycles. The van der Waals surface area contributed by atoms with Crippen molar-refractivity contribution in [3.8, 4) is 0 Å². The van der Waals surface area contributed by atoms with Crippen LogP contribution in [0.25, 0.3) is 10.9 Å². The van der Waals surface area contributed by atoms with Crippen molar-refractivity contribution in [1.82, 2.24) is 15.6 Å². The monoisotopic (exact) mass is 321 g/mol. The van der Waals surface area contributed by atoms with Gasteiger partial charge in [0.25, 0.3) is 5.92 Å². The molecular weight excluding hydrogens is 300 g/mol. The minimum atomic E-state index is -2.80. The van der Waals surface area contributed by atoms with E-state index >= 15 is 0 Å². The predicted molar refractivity (Wildman–Crippen MR) is 85.7 cm³/mol. The molecule has 23 heavy (non-hydrogen) atoms. The maximum Gasteiger partial charge on any atom is 0.262 e. The van der Waals surface area contributed by atoms with Gasteiger partial charge in [0, 0.05) is 24.0 Å². The van der Waals surface area contributed by atoms with E-state index in [1.54, 1.807) is 0 Å². The number of rotatable bonds is 3. The van der Waals surface area contributed by atoms with E-state index in [9.17, 15) is 13.6 Å². The molecule has 0 radical (unpaired) electrons. The second-order valence-electron chi connectivity index (χ2n) is 6.43. The van der Waals surface area contributed by atoms with E-state index in [0.29, 0.717) is 6.54 Å². The molecule has 4 nitrogen and oxygen atoms in total. The van der Waals surface area contributed by atoms with Gasteiger partial charge in [-0.05, 0) is 38.0 Å². The van der Waals surface area contributed by atoms with Crippen LogP contribution < -0.4 is 10.6 Å². The van der Waals surface area contributed by atoms with Gasteiger partial charge >= 0.3 is 0 Å². The van der Waals surface area contributed by atoms with Crippen molar-refractivity contribution < 1.29 is 13.6 Å². The number of aryl methyl sites for hydroxylation is 3. The number of fused-ring (bicyclic) bond motifs is 1. The fraction of sp³-hybridized carbons (Fsp3) is 0.471. The highest BCUT2D eigenvalue weighted by Gasteiger charge is 2.42. The Morgan fingerprint density at radius 2 is 2.09 bits per heavy atom. The van der Waals surface area contributed by atoms with Gasteiger partial charge in [-0.25, -0.2) is 8.78 Å². The summed E-state index contributed by atoms with van der Waals surface area (Å²) in [6, 6.07) is 3.30. The fourth-order valence-corrected chi connectivity index (χ4v) is 3.13. The number of carbonyl (C=O) groups is 1.